The van der Waals surface area contributed by atoms with Gasteiger partial charge in [-0.25, -0.2) is 13.1 Å². The molecule has 2 aromatic rings. The van der Waals surface area contributed by atoms with E-state index in [1.165, 1.54) is 18.2 Å². The van der Waals surface area contributed by atoms with Crippen molar-refractivity contribution in [2.24, 2.45) is 0 Å². The van der Waals surface area contributed by atoms with Crippen LogP contribution in [-0.4, -0.2) is 13.3 Å². The maximum absolute atomic E-state index is 12.5. The van der Waals surface area contributed by atoms with Crippen LogP contribution in [0.25, 0.3) is 0 Å². The Hall–Kier alpha value is -2.25. The standard InChI is InChI=1S/C17H20N2O4S/c1-11-8-13(3)17(9-12(11)2)14(4)18-24(22,23)16-7-5-6-15(10-16)19(20)21/h5-10,14,18H,1-4H3/t14-/m0/s1. The highest BCUT2D eigenvalue weighted by Gasteiger charge is 2.21. The van der Waals surface area contributed by atoms with Crippen molar-refractivity contribution in [3.8, 4) is 0 Å². The molecule has 0 amide bonds. The molecule has 24 heavy (non-hydrogen) atoms. The molecule has 0 heterocycles. The fourth-order valence-corrected chi connectivity index (χ4v) is 3.84. The summed E-state index contributed by atoms with van der Waals surface area (Å²) in [6.07, 6.45) is 0. The number of hydrogen-bond donors (Lipinski definition) is 1. The molecule has 0 radical (unpaired) electrons. The molecule has 0 unspecified atom stereocenters. The summed E-state index contributed by atoms with van der Waals surface area (Å²) in [4.78, 5) is 10.1. The fourth-order valence-electron chi connectivity index (χ4n) is 2.58. The van der Waals surface area contributed by atoms with Gasteiger partial charge in [0.15, 0.2) is 0 Å². The third-order valence-electron chi connectivity index (χ3n) is 4.02. The molecule has 2 rings (SSSR count). The minimum atomic E-state index is -3.86. The van der Waals surface area contributed by atoms with Gasteiger partial charge in [-0.1, -0.05) is 18.2 Å². The Morgan fingerprint density at radius 3 is 2.29 bits per heavy atom. The monoisotopic (exact) mass is 348 g/mol. The number of nitro benzene ring substituents is 1. The maximum atomic E-state index is 12.5. The SMILES string of the molecule is Cc1cc(C)c([C@H](C)NS(=O)(=O)c2cccc([N+](=O)[O-])c2)cc1C. The molecule has 0 aliphatic rings. The van der Waals surface area contributed by atoms with Crippen molar-refractivity contribution in [3.05, 3.63) is 68.8 Å². The molecule has 0 bridgehead atoms. The molecule has 0 aliphatic carbocycles. The second kappa shape index (κ2) is 6.70. The summed E-state index contributed by atoms with van der Waals surface area (Å²) in [6.45, 7) is 7.66. The van der Waals surface area contributed by atoms with Gasteiger partial charge in [0, 0.05) is 18.2 Å². The molecule has 1 atom stereocenters. The Balaban J connectivity index is 2.34. The van der Waals surface area contributed by atoms with Crippen molar-refractivity contribution >= 4 is 15.7 Å². The predicted octanol–water partition coefficient (Wildman–Crippen LogP) is 3.56. The van der Waals surface area contributed by atoms with E-state index in [0.29, 0.717) is 0 Å². The molecule has 0 saturated carbocycles. The topological polar surface area (TPSA) is 89.3 Å². The fraction of sp³-hybridized carbons (Fsp3) is 0.294. The lowest BCUT2D eigenvalue weighted by Gasteiger charge is -2.18. The Morgan fingerprint density at radius 2 is 1.67 bits per heavy atom. The highest BCUT2D eigenvalue weighted by Crippen LogP contribution is 2.24. The van der Waals surface area contributed by atoms with Gasteiger partial charge in [0.25, 0.3) is 5.69 Å². The Bertz CT molecular complexity index is 891. The molecule has 1 N–H and O–H groups in total. The van der Waals surface area contributed by atoms with Crippen LogP contribution in [-0.2, 0) is 10.0 Å². The van der Waals surface area contributed by atoms with Crippen LogP contribution in [0, 0.1) is 30.9 Å². The van der Waals surface area contributed by atoms with Crippen LogP contribution >= 0.6 is 0 Å². The summed E-state index contributed by atoms with van der Waals surface area (Å²) in [5.41, 5.74) is 3.84. The lowest BCUT2D eigenvalue weighted by molar-refractivity contribution is -0.385. The number of nitrogens with zero attached hydrogens (tertiary/aromatic N) is 1. The van der Waals surface area contributed by atoms with E-state index in [1.54, 1.807) is 6.92 Å². The van der Waals surface area contributed by atoms with Crippen molar-refractivity contribution < 1.29 is 13.3 Å². The molecule has 7 heteroatoms. The zero-order chi connectivity index (χ0) is 18.1. The minimum absolute atomic E-state index is 0.120. The highest BCUT2D eigenvalue weighted by atomic mass is 32.2. The number of sulfonamides is 1. The van der Waals surface area contributed by atoms with Crippen LogP contribution in [0.5, 0.6) is 0 Å². The summed E-state index contributed by atoms with van der Waals surface area (Å²) in [5.74, 6) is 0. The van der Waals surface area contributed by atoms with Gasteiger partial charge in [-0.3, -0.25) is 10.1 Å². The van der Waals surface area contributed by atoms with Crippen LogP contribution in [0.2, 0.25) is 0 Å². The normalized spacial score (nSPS) is 12.8. The molecule has 0 aliphatic heterocycles. The molecule has 2 aromatic carbocycles. The second-order valence-electron chi connectivity index (χ2n) is 5.89. The highest BCUT2D eigenvalue weighted by molar-refractivity contribution is 7.89. The van der Waals surface area contributed by atoms with Crippen molar-refractivity contribution in [3.63, 3.8) is 0 Å². The first kappa shape index (κ1) is 18.1. The first-order valence-electron chi connectivity index (χ1n) is 7.46. The lowest BCUT2D eigenvalue weighted by atomic mass is 9.97. The smallest absolute Gasteiger partial charge is 0.258 e. The molecule has 128 valence electrons. The average molecular weight is 348 g/mol. The van der Waals surface area contributed by atoms with Gasteiger partial charge in [0.1, 0.15) is 0 Å². The minimum Gasteiger partial charge on any atom is -0.258 e. The summed E-state index contributed by atoms with van der Waals surface area (Å²) < 4.78 is 27.6. The molecule has 0 aromatic heterocycles. The van der Waals surface area contributed by atoms with Gasteiger partial charge in [-0.05, 0) is 56.0 Å². The van der Waals surface area contributed by atoms with Crippen LogP contribution in [0.4, 0.5) is 5.69 Å². The Kier molecular flexibility index (Phi) is 5.05. The third-order valence-corrected chi connectivity index (χ3v) is 5.56. The number of nitrogens with one attached hydrogen (secondary N) is 1. The summed E-state index contributed by atoms with van der Waals surface area (Å²) in [7, 11) is -3.86. The first-order valence-corrected chi connectivity index (χ1v) is 8.94. The van der Waals surface area contributed by atoms with Crippen molar-refractivity contribution in [1.29, 1.82) is 0 Å². The molecule has 0 fully saturated rings. The maximum Gasteiger partial charge on any atom is 0.270 e. The number of nitro groups is 1. The zero-order valence-corrected chi connectivity index (χ0v) is 14.8. The predicted molar refractivity (Wildman–Crippen MR) is 92.5 cm³/mol. The molecular formula is C17H20N2O4S. The largest absolute Gasteiger partial charge is 0.270 e. The van der Waals surface area contributed by atoms with Gasteiger partial charge >= 0.3 is 0 Å². The van der Waals surface area contributed by atoms with Crippen LogP contribution < -0.4 is 4.72 Å². The van der Waals surface area contributed by atoms with Gasteiger partial charge in [0.2, 0.25) is 10.0 Å². The number of benzene rings is 2. The Morgan fingerprint density at radius 1 is 1.04 bits per heavy atom. The quantitative estimate of drug-likeness (QED) is 0.661. The number of non-ortho nitro benzene ring substituents is 1. The lowest BCUT2D eigenvalue weighted by Crippen LogP contribution is -2.27. The van der Waals surface area contributed by atoms with Crippen molar-refractivity contribution in [2.75, 3.05) is 0 Å². The van der Waals surface area contributed by atoms with E-state index in [4.69, 9.17) is 0 Å². The van der Waals surface area contributed by atoms with E-state index in [2.05, 4.69) is 4.72 Å². The number of hydrogen-bond acceptors (Lipinski definition) is 4. The van der Waals surface area contributed by atoms with E-state index in [-0.39, 0.29) is 10.6 Å². The first-order chi connectivity index (χ1) is 11.1. The van der Waals surface area contributed by atoms with Crippen LogP contribution in [0.15, 0.2) is 41.3 Å². The molecule has 0 spiro atoms. The number of rotatable bonds is 5. The van der Waals surface area contributed by atoms with Crippen LogP contribution in [0.1, 0.15) is 35.2 Å². The number of aryl methyl sites for hydroxylation is 3. The van der Waals surface area contributed by atoms with Gasteiger partial charge in [-0.15, -0.1) is 0 Å². The van der Waals surface area contributed by atoms with E-state index in [1.807, 2.05) is 32.9 Å². The van der Waals surface area contributed by atoms with E-state index < -0.39 is 21.0 Å². The van der Waals surface area contributed by atoms with Crippen LogP contribution in [0.3, 0.4) is 0 Å². The van der Waals surface area contributed by atoms with Gasteiger partial charge < -0.3 is 0 Å². The molecule has 0 saturated heterocycles. The van der Waals surface area contributed by atoms with Crippen molar-refractivity contribution in [1.82, 2.24) is 4.72 Å². The summed E-state index contributed by atoms with van der Waals surface area (Å²) >= 11 is 0. The van der Waals surface area contributed by atoms with E-state index in [0.717, 1.165) is 28.3 Å². The van der Waals surface area contributed by atoms with E-state index >= 15 is 0 Å². The second-order valence-corrected chi connectivity index (χ2v) is 7.60. The van der Waals surface area contributed by atoms with Gasteiger partial charge in [0.05, 0.1) is 9.82 Å². The molecular weight excluding hydrogens is 328 g/mol. The van der Waals surface area contributed by atoms with Crippen molar-refractivity contribution in [2.45, 2.75) is 38.6 Å². The summed E-state index contributed by atoms with van der Waals surface area (Å²) in [6, 6.07) is 8.55. The average Bonchev–Trinajstić information content (AvgIpc) is 2.50. The molecule has 6 nitrogen and oxygen atoms in total. The zero-order valence-electron chi connectivity index (χ0n) is 14.0. The third kappa shape index (κ3) is 3.80. The Labute approximate surface area is 141 Å². The van der Waals surface area contributed by atoms with E-state index in [9.17, 15) is 18.5 Å². The summed E-state index contributed by atoms with van der Waals surface area (Å²) in [5, 5.41) is 10.8. The van der Waals surface area contributed by atoms with Gasteiger partial charge in [-0.2, -0.15) is 0 Å².